The van der Waals surface area contributed by atoms with Gasteiger partial charge in [-0.05, 0) is 31.5 Å². The van der Waals surface area contributed by atoms with Gasteiger partial charge >= 0.3 is 5.97 Å². The summed E-state index contributed by atoms with van der Waals surface area (Å²) in [6, 6.07) is 3.52. The summed E-state index contributed by atoms with van der Waals surface area (Å²) >= 11 is 0. The van der Waals surface area contributed by atoms with Gasteiger partial charge in [0.15, 0.2) is 5.69 Å². The molecule has 1 aliphatic heterocycles. The molecule has 6 heteroatoms. The number of carbonyl (C=O) groups is 1. The Balaban J connectivity index is 2.22. The zero-order valence-corrected chi connectivity index (χ0v) is 9.76. The van der Waals surface area contributed by atoms with Crippen molar-refractivity contribution in [2.24, 2.45) is 0 Å². The van der Waals surface area contributed by atoms with Gasteiger partial charge in [-0.15, -0.1) is 0 Å². The third-order valence-corrected chi connectivity index (χ3v) is 3.27. The lowest BCUT2D eigenvalue weighted by Gasteiger charge is -2.08. The first-order valence-corrected chi connectivity index (χ1v) is 5.91. The monoisotopic (exact) mass is 246 g/mol. The molecule has 0 aromatic carbocycles. The summed E-state index contributed by atoms with van der Waals surface area (Å²) in [4.78, 5) is 15.5. The van der Waals surface area contributed by atoms with Crippen molar-refractivity contribution in [2.45, 2.75) is 18.9 Å². The number of fused-ring (bicyclic) bond motifs is 1. The normalized spacial score (nSPS) is 19.4. The molecule has 1 fully saturated rings. The number of nitrogen functional groups attached to an aromatic ring is 1. The first kappa shape index (κ1) is 11.0. The average Bonchev–Trinajstić information content (AvgIpc) is 2.93. The lowest BCUT2D eigenvalue weighted by molar-refractivity contribution is 0.0693. The number of aromatic carboxylic acids is 1. The number of hydrogen-bond donors (Lipinski definition) is 3. The van der Waals surface area contributed by atoms with Crippen molar-refractivity contribution in [2.75, 3.05) is 12.3 Å². The highest BCUT2D eigenvalue weighted by Gasteiger charge is 2.24. The van der Waals surface area contributed by atoms with Crippen LogP contribution in [0.4, 0.5) is 5.69 Å². The van der Waals surface area contributed by atoms with Gasteiger partial charge < -0.3 is 20.6 Å². The molecule has 1 atom stereocenters. The lowest BCUT2D eigenvalue weighted by Crippen LogP contribution is -2.15. The molecule has 1 aliphatic rings. The van der Waals surface area contributed by atoms with Crippen LogP contribution >= 0.6 is 0 Å². The highest BCUT2D eigenvalue weighted by molar-refractivity contribution is 5.94. The SMILES string of the molecule is Nc1ccn2c(C3CCCN3)nc(C(=O)O)c2c1. The summed E-state index contributed by atoms with van der Waals surface area (Å²) in [7, 11) is 0. The zero-order chi connectivity index (χ0) is 12.7. The molecule has 3 rings (SSSR count). The Hall–Kier alpha value is -2.08. The Morgan fingerprint density at radius 2 is 2.44 bits per heavy atom. The van der Waals surface area contributed by atoms with E-state index in [1.165, 1.54) is 0 Å². The number of hydrogen-bond acceptors (Lipinski definition) is 4. The summed E-state index contributed by atoms with van der Waals surface area (Å²) in [6.07, 6.45) is 3.83. The van der Waals surface area contributed by atoms with Crippen LogP contribution in [-0.2, 0) is 0 Å². The van der Waals surface area contributed by atoms with Gasteiger partial charge in [0.25, 0.3) is 0 Å². The number of carboxylic acid groups (broad SMARTS) is 1. The van der Waals surface area contributed by atoms with E-state index in [9.17, 15) is 9.90 Å². The first-order chi connectivity index (χ1) is 8.66. The van der Waals surface area contributed by atoms with Gasteiger partial charge in [-0.25, -0.2) is 9.78 Å². The number of rotatable bonds is 2. The van der Waals surface area contributed by atoms with Crippen LogP contribution in [0.2, 0.25) is 0 Å². The molecule has 0 amide bonds. The minimum absolute atomic E-state index is 0.0611. The molecule has 0 spiro atoms. The molecule has 0 bridgehead atoms. The van der Waals surface area contributed by atoms with Gasteiger partial charge in [0.1, 0.15) is 5.82 Å². The molecule has 0 radical (unpaired) electrons. The van der Waals surface area contributed by atoms with Crippen LogP contribution < -0.4 is 11.1 Å². The summed E-state index contributed by atoms with van der Waals surface area (Å²) in [5.41, 5.74) is 6.85. The highest BCUT2D eigenvalue weighted by atomic mass is 16.4. The van der Waals surface area contributed by atoms with Crippen molar-refractivity contribution in [3.8, 4) is 0 Å². The van der Waals surface area contributed by atoms with E-state index in [4.69, 9.17) is 5.73 Å². The fraction of sp³-hybridized carbons (Fsp3) is 0.333. The number of nitrogens with two attached hydrogens (primary N) is 1. The fourth-order valence-corrected chi connectivity index (χ4v) is 2.43. The van der Waals surface area contributed by atoms with E-state index < -0.39 is 5.97 Å². The van der Waals surface area contributed by atoms with Crippen molar-refractivity contribution < 1.29 is 9.90 Å². The number of imidazole rings is 1. The Morgan fingerprint density at radius 1 is 1.61 bits per heavy atom. The van der Waals surface area contributed by atoms with Gasteiger partial charge in [0.05, 0.1) is 11.6 Å². The quantitative estimate of drug-likeness (QED) is 0.736. The molecule has 0 saturated carbocycles. The highest BCUT2D eigenvalue weighted by Crippen LogP contribution is 2.25. The molecule has 6 nitrogen and oxygen atoms in total. The second-order valence-electron chi connectivity index (χ2n) is 4.49. The van der Waals surface area contributed by atoms with Gasteiger partial charge in [-0.1, -0.05) is 0 Å². The van der Waals surface area contributed by atoms with Crippen molar-refractivity contribution in [3.05, 3.63) is 29.8 Å². The second kappa shape index (κ2) is 3.99. The standard InChI is InChI=1S/C12H14N4O2/c13-7-3-5-16-9(6-7)10(12(17)18)15-11(16)8-2-1-4-14-8/h3,5-6,8,14H,1-2,4,13H2,(H,17,18). The van der Waals surface area contributed by atoms with Gasteiger partial charge in [0, 0.05) is 11.9 Å². The molecule has 0 aliphatic carbocycles. The van der Waals surface area contributed by atoms with Gasteiger partial charge in [-0.2, -0.15) is 0 Å². The van der Waals surface area contributed by atoms with Crippen LogP contribution in [0.15, 0.2) is 18.3 Å². The molecule has 1 unspecified atom stereocenters. The topological polar surface area (TPSA) is 92.7 Å². The number of nitrogens with zero attached hydrogens (tertiary/aromatic N) is 2. The van der Waals surface area contributed by atoms with Gasteiger partial charge in [-0.3, -0.25) is 0 Å². The third kappa shape index (κ3) is 1.62. The van der Waals surface area contributed by atoms with Crippen LogP contribution in [-0.4, -0.2) is 27.0 Å². The Kier molecular flexibility index (Phi) is 2.45. The van der Waals surface area contributed by atoms with E-state index in [2.05, 4.69) is 10.3 Å². The predicted molar refractivity (Wildman–Crippen MR) is 66.5 cm³/mol. The van der Waals surface area contributed by atoms with Crippen LogP contribution in [0.1, 0.15) is 35.2 Å². The fourth-order valence-electron chi connectivity index (χ4n) is 2.43. The molecule has 1 saturated heterocycles. The number of pyridine rings is 1. The molecular formula is C12H14N4O2. The molecular weight excluding hydrogens is 232 g/mol. The maximum Gasteiger partial charge on any atom is 0.356 e. The number of aromatic nitrogens is 2. The van der Waals surface area contributed by atoms with Crippen molar-refractivity contribution in [1.29, 1.82) is 0 Å². The van der Waals surface area contributed by atoms with E-state index >= 15 is 0 Å². The summed E-state index contributed by atoms with van der Waals surface area (Å²) in [5.74, 6) is -0.276. The van der Waals surface area contributed by atoms with Crippen molar-refractivity contribution in [1.82, 2.24) is 14.7 Å². The molecule has 2 aromatic rings. The van der Waals surface area contributed by atoms with Gasteiger partial charge in [0.2, 0.25) is 0 Å². The van der Waals surface area contributed by atoms with Crippen molar-refractivity contribution in [3.63, 3.8) is 0 Å². The molecule has 4 N–H and O–H groups in total. The molecule has 3 heterocycles. The molecule has 2 aromatic heterocycles. The summed E-state index contributed by atoms with van der Waals surface area (Å²) in [6.45, 7) is 0.941. The average molecular weight is 246 g/mol. The number of anilines is 1. The van der Waals surface area contributed by atoms with Crippen LogP contribution in [0.5, 0.6) is 0 Å². The molecule has 18 heavy (non-hydrogen) atoms. The number of nitrogens with one attached hydrogen (secondary N) is 1. The maximum atomic E-state index is 11.2. The summed E-state index contributed by atoms with van der Waals surface area (Å²) in [5, 5.41) is 12.5. The first-order valence-electron chi connectivity index (χ1n) is 5.91. The zero-order valence-electron chi connectivity index (χ0n) is 9.76. The molecule has 94 valence electrons. The minimum Gasteiger partial charge on any atom is -0.476 e. The third-order valence-electron chi connectivity index (χ3n) is 3.27. The van der Waals surface area contributed by atoms with Crippen LogP contribution in [0.3, 0.4) is 0 Å². The number of carboxylic acids is 1. The van der Waals surface area contributed by atoms with E-state index in [1.54, 1.807) is 18.3 Å². The maximum absolute atomic E-state index is 11.2. The Bertz CT molecular complexity index is 614. The minimum atomic E-state index is -1.03. The van der Waals surface area contributed by atoms with E-state index in [0.717, 1.165) is 25.2 Å². The van der Waals surface area contributed by atoms with Crippen LogP contribution in [0, 0.1) is 0 Å². The second-order valence-corrected chi connectivity index (χ2v) is 4.49. The largest absolute Gasteiger partial charge is 0.476 e. The van der Waals surface area contributed by atoms with Crippen LogP contribution in [0.25, 0.3) is 5.52 Å². The Morgan fingerprint density at radius 3 is 3.11 bits per heavy atom. The van der Waals surface area contributed by atoms with E-state index in [1.807, 2.05) is 4.40 Å². The van der Waals surface area contributed by atoms with Crippen molar-refractivity contribution >= 4 is 17.2 Å². The summed E-state index contributed by atoms with van der Waals surface area (Å²) < 4.78 is 1.81. The van der Waals surface area contributed by atoms with E-state index in [-0.39, 0.29) is 11.7 Å². The lowest BCUT2D eigenvalue weighted by atomic mass is 10.2. The Labute approximate surface area is 103 Å². The predicted octanol–water partition coefficient (Wildman–Crippen LogP) is 1.04. The van der Waals surface area contributed by atoms with E-state index in [0.29, 0.717) is 11.2 Å². The smallest absolute Gasteiger partial charge is 0.356 e.